The highest BCUT2D eigenvalue weighted by Crippen LogP contribution is 2.23. The molecular weight excluding hydrogens is 309 g/mol. The lowest BCUT2D eigenvalue weighted by molar-refractivity contribution is -0.144. The fourth-order valence-electron chi connectivity index (χ4n) is 2.29. The Balaban J connectivity index is 0.00000242. The number of nitrogens with two attached hydrogens (primary N) is 1. The van der Waals surface area contributed by atoms with Crippen molar-refractivity contribution in [2.24, 2.45) is 5.73 Å². The summed E-state index contributed by atoms with van der Waals surface area (Å²) in [6, 6.07) is 5.08. The third kappa shape index (κ3) is 3.45. The molecule has 2 aromatic rings. The zero-order chi connectivity index (χ0) is 15.6. The maximum absolute atomic E-state index is 13.0. The lowest BCUT2D eigenvalue weighted by Crippen LogP contribution is -2.24. The number of hydrogen-bond acceptors (Lipinski definition) is 4. The number of rotatable bonds is 4. The molecule has 1 unspecified atom stereocenters. The molecule has 1 aromatic carbocycles. The van der Waals surface area contributed by atoms with Crippen LogP contribution in [-0.2, 0) is 9.53 Å². The molecule has 0 aliphatic rings. The molecule has 0 spiro atoms. The number of nitrogens with zero attached hydrogens (tertiary/aromatic N) is 2. The van der Waals surface area contributed by atoms with Crippen molar-refractivity contribution in [2.45, 2.75) is 26.8 Å². The van der Waals surface area contributed by atoms with Crippen molar-refractivity contribution in [3.8, 4) is 5.69 Å². The fraction of sp³-hybridized carbons (Fsp3) is 0.333. The summed E-state index contributed by atoms with van der Waals surface area (Å²) in [6.07, 6.45) is 0. The van der Waals surface area contributed by atoms with Gasteiger partial charge < -0.3 is 10.5 Å². The second-order valence-electron chi connectivity index (χ2n) is 4.70. The van der Waals surface area contributed by atoms with Crippen molar-refractivity contribution < 1.29 is 13.9 Å². The lowest BCUT2D eigenvalue weighted by Gasteiger charge is -2.11. The first-order chi connectivity index (χ1) is 9.95. The lowest BCUT2D eigenvalue weighted by atomic mass is 10.1. The van der Waals surface area contributed by atoms with E-state index in [4.69, 9.17) is 10.5 Å². The summed E-state index contributed by atoms with van der Waals surface area (Å²) in [5.41, 5.74) is 8.68. The van der Waals surface area contributed by atoms with Gasteiger partial charge in [0.15, 0.2) is 0 Å². The number of carbonyl (C=O) groups is 1. The van der Waals surface area contributed by atoms with Crippen LogP contribution in [0.4, 0.5) is 4.39 Å². The molecule has 120 valence electrons. The van der Waals surface area contributed by atoms with Crippen LogP contribution < -0.4 is 5.73 Å². The quantitative estimate of drug-likeness (QED) is 0.876. The molecule has 7 heteroatoms. The first kappa shape index (κ1) is 18.1. The second kappa shape index (κ2) is 7.38. The van der Waals surface area contributed by atoms with E-state index in [1.165, 1.54) is 12.1 Å². The van der Waals surface area contributed by atoms with Crippen molar-refractivity contribution >= 4 is 18.4 Å². The normalized spacial score (nSPS) is 11.7. The van der Waals surface area contributed by atoms with Gasteiger partial charge in [0.25, 0.3) is 0 Å². The van der Waals surface area contributed by atoms with Gasteiger partial charge in [-0.1, -0.05) is 0 Å². The highest BCUT2D eigenvalue weighted by atomic mass is 35.5. The maximum Gasteiger partial charge on any atom is 0.327 e. The number of benzene rings is 1. The first-order valence-electron chi connectivity index (χ1n) is 6.70. The number of hydrogen-bond donors (Lipinski definition) is 1. The van der Waals surface area contributed by atoms with E-state index >= 15 is 0 Å². The first-order valence-corrected chi connectivity index (χ1v) is 6.70. The molecule has 1 heterocycles. The number of aromatic nitrogens is 2. The van der Waals surface area contributed by atoms with Gasteiger partial charge in [-0.25, -0.2) is 13.9 Å². The van der Waals surface area contributed by atoms with E-state index in [0.29, 0.717) is 16.9 Å². The third-order valence-corrected chi connectivity index (χ3v) is 3.27. The Morgan fingerprint density at radius 2 is 1.95 bits per heavy atom. The molecule has 0 saturated carbocycles. The van der Waals surface area contributed by atoms with Crippen LogP contribution in [-0.4, -0.2) is 22.4 Å². The number of ether oxygens (including phenoxy) is 1. The van der Waals surface area contributed by atoms with E-state index < -0.39 is 12.0 Å². The van der Waals surface area contributed by atoms with Gasteiger partial charge in [-0.05, 0) is 45.0 Å². The standard InChI is InChI=1S/C15H18FN3O2.ClH/c1-4-21-15(20)14(17)13-9(2)18-19(10(13)3)12-7-5-11(16)6-8-12;/h5-8,14H,4,17H2,1-3H3;1H. The Morgan fingerprint density at radius 3 is 2.50 bits per heavy atom. The second-order valence-corrected chi connectivity index (χ2v) is 4.70. The highest BCUT2D eigenvalue weighted by Gasteiger charge is 2.25. The van der Waals surface area contributed by atoms with Crippen molar-refractivity contribution in [2.75, 3.05) is 6.61 Å². The van der Waals surface area contributed by atoms with E-state index in [-0.39, 0.29) is 24.8 Å². The topological polar surface area (TPSA) is 70.1 Å². The molecule has 0 fully saturated rings. The summed E-state index contributed by atoms with van der Waals surface area (Å²) in [6.45, 7) is 5.60. The van der Waals surface area contributed by atoms with Gasteiger partial charge in [-0.15, -0.1) is 12.4 Å². The molecule has 2 rings (SSSR count). The summed E-state index contributed by atoms with van der Waals surface area (Å²) >= 11 is 0. The summed E-state index contributed by atoms with van der Waals surface area (Å²) in [4.78, 5) is 11.8. The largest absolute Gasteiger partial charge is 0.465 e. The molecule has 0 aliphatic heterocycles. The van der Waals surface area contributed by atoms with Gasteiger partial charge in [0.2, 0.25) is 0 Å². The molecule has 0 saturated heterocycles. The minimum Gasteiger partial charge on any atom is -0.465 e. The molecule has 22 heavy (non-hydrogen) atoms. The van der Waals surface area contributed by atoms with Crippen molar-refractivity contribution in [1.29, 1.82) is 0 Å². The smallest absolute Gasteiger partial charge is 0.327 e. The Hall–Kier alpha value is -1.92. The summed E-state index contributed by atoms with van der Waals surface area (Å²) in [5, 5.41) is 4.38. The van der Waals surface area contributed by atoms with Gasteiger partial charge in [-0.3, -0.25) is 0 Å². The SMILES string of the molecule is CCOC(=O)C(N)c1c(C)nn(-c2ccc(F)cc2)c1C.Cl. The molecule has 1 atom stereocenters. The van der Waals surface area contributed by atoms with Crippen LogP contribution >= 0.6 is 12.4 Å². The number of aryl methyl sites for hydroxylation is 1. The van der Waals surface area contributed by atoms with Gasteiger partial charge in [0.1, 0.15) is 11.9 Å². The number of carbonyl (C=O) groups excluding carboxylic acids is 1. The molecule has 0 bridgehead atoms. The van der Waals surface area contributed by atoms with Gasteiger partial charge in [0, 0.05) is 11.3 Å². The predicted molar refractivity (Wildman–Crippen MR) is 83.8 cm³/mol. The Morgan fingerprint density at radius 1 is 1.36 bits per heavy atom. The maximum atomic E-state index is 13.0. The molecule has 2 N–H and O–H groups in total. The van der Waals surface area contributed by atoms with Crippen LogP contribution in [0.5, 0.6) is 0 Å². The summed E-state index contributed by atoms with van der Waals surface area (Å²) in [5.74, 6) is -0.800. The van der Waals surface area contributed by atoms with Crippen molar-refractivity contribution in [3.05, 3.63) is 47.0 Å². The van der Waals surface area contributed by atoms with E-state index in [9.17, 15) is 9.18 Å². The Bertz CT molecular complexity index is 656. The molecule has 0 aliphatic carbocycles. The summed E-state index contributed by atoms with van der Waals surface area (Å²) in [7, 11) is 0. The number of esters is 1. The fourth-order valence-corrected chi connectivity index (χ4v) is 2.29. The van der Waals surface area contributed by atoms with Gasteiger partial charge in [0.05, 0.1) is 18.0 Å². The molecular formula is C15H19ClFN3O2. The Labute approximate surface area is 134 Å². The predicted octanol–water partition coefficient (Wildman–Crippen LogP) is 2.61. The van der Waals surface area contributed by atoms with Crippen LogP contribution in [0.3, 0.4) is 0 Å². The van der Waals surface area contributed by atoms with Gasteiger partial charge in [-0.2, -0.15) is 5.10 Å². The minimum absolute atomic E-state index is 0. The van der Waals surface area contributed by atoms with E-state index in [0.717, 1.165) is 5.69 Å². The molecule has 0 radical (unpaired) electrons. The minimum atomic E-state index is -0.876. The van der Waals surface area contributed by atoms with Crippen LogP contribution in [0.25, 0.3) is 5.69 Å². The van der Waals surface area contributed by atoms with Crippen molar-refractivity contribution in [1.82, 2.24) is 9.78 Å². The van der Waals surface area contributed by atoms with Gasteiger partial charge >= 0.3 is 5.97 Å². The highest BCUT2D eigenvalue weighted by molar-refractivity contribution is 5.85. The van der Waals surface area contributed by atoms with Crippen LogP contribution in [0.2, 0.25) is 0 Å². The average molecular weight is 328 g/mol. The molecule has 0 amide bonds. The van der Waals surface area contributed by atoms with Crippen LogP contribution in [0.1, 0.15) is 29.9 Å². The molecule has 1 aromatic heterocycles. The van der Waals surface area contributed by atoms with Crippen LogP contribution in [0.15, 0.2) is 24.3 Å². The van der Waals surface area contributed by atoms with E-state index in [1.54, 1.807) is 30.7 Å². The Kier molecular flexibility index (Phi) is 6.08. The summed E-state index contributed by atoms with van der Waals surface area (Å²) < 4.78 is 19.6. The van der Waals surface area contributed by atoms with Crippen LogP contribution in [0, 0.1) is 19.7 Å². The number of halogens is 2. The van der Waals surface area contributed by atoms with E-state index in [2.05, 4.69) is 5.10 Å². The van der Waals surface area contributed by atoms with E-state index in [1.807, 2.05) is 6.92 Å². The third-order valence-electron chi connectivity index (χ3n) is 3.27. The average Bonchev–Trinajstić information content (AvgIpc) is 2.74. The van der Waals surface area contributed by atoms with Crippen molar-refractivity contribution in [3.63, 3.8) is 0 Å². The molecule has 5 nitrogen and oxygen atoms in total. The zero-order valence-corrected chi connectivity index (χ0v) is 13.5. The zero-order valence-electron chi connectivity index (χ0n) is 12.7. The monoisotopic (exact) mass is 327 g/mol.